The topological polar surface area (TPSA) is 69.7 Å². The first kappa shape index (κ1) is 13.4. The lowest BCUT2D eigenvalue weighted by Gasteiger charge is -2.24. The minimum absolute atomic E-state index is 0.128. The van der Waals surface area contributed by atoms with Crippen molar-refractivity contribution in [1.29, 1.82) is 0 Å². The second-order valence-corrected chi connectivity index (χ2v) is 6.02. The van der Waals surface area contributed by atoms with Crippen LogP contribution in [0, 0.1) is 0 Å². The molecule has 6 nitrogen and oxygen atoms in total. The van der Waals surface area contributed by atoms with Crippen LogP contribution < -0.4 is 5.32 Å². The number of nitrogens with one attached hydrogen (secondary N) is 1. The number of rotatable bonds is 4. The van der Waals surface area contributed by atoms with Crippen LogP contribution in [-0.4, -0.2) is 52.8 Å². The van der Waals surface area contributed by atoms with Crippen molar-refractivity contribution < 1.29 is 14.4 Å². The number of nitrogens with zero attached hydrogens (tertiary/aromatic N) is 2. The Bertz CT molecular complexity index is 427. The van der Waals surface area contributed by atoms with Gasteiger partial charge in [0.25, 0.3) is 5.91 Å². The van der Waals surface area contributed by atoms with Crippen LogP contribution in [0.25, 0.3) is 0 Å². The van der Waals surface area contributed by atoms with Gasteiger partial charge in [0.05, 0.1) is 0 Å². The molecule has 0 atom stereocenters. The van der Waals surface area contributed by atoms with Crippen LogP contribution in [0.15, 0.2) is 0 Å². The van der Waals surface area contributed by atoms with Gasteiger partial charge in [0, 0.05) is 12.1 Å². The molecule has 2 aliphatic carbocycles. The van der Waals surface area contributed by atoms with Crippen molar-refractivity contribution in [3.05, 3.63) is 0 Å². The molecule has 3 rings (SSSR count). The average Bonchev–Trinajstić information content (AvgIpc) is 3.23. The Balaban J connectivity index is 1.52. The molecular formula is C14H21N3O3. The van der Waals surface area contributed by atoms with Crippen molar-refractivity contribution >= 4 is 17.8 Å². The Morgan fingerprint density at radius 2 is 1.80 bits per heavy atom. The Hall–Kier alpha value is -1.59. The number of hydrogen-bond acceptors (Lipinski definition) is 3. The fourth-order valence-corrected chi connectivity index (χ4v) is 3.05. The van der Waals surface area contributed by atoms with E-state index in [0.717, 1.165) is 43.4 Å². The van der Waals surface area contributed by atoms with Crippen molar-refractivity contribution in [2.24, 2.45) is 0 Å². The molecule has 1 heterocycles. The van der Waals surface area contributed by atoms with Gasteiger partial charge in [-0.15, -0.1) is 0 Å². The van der Waals surface area contributed by atoms with Crippen molar-refractivity contribution in [2.75, 3.05) is 13.1 Å². The maximum absolute atomic E-state index is 12.1. The van der Waals surface area contributed by atoms with Gasteiger partial charge in [0.15, 0.2) is 0 Å². The smallest absolute Gasteiger partial charge is 0.327 e. The monoisotopic (exact) mass is 279 g/mol. The van der Waals surface area contributed by atoms with Gasteiger partial charge in [-0.2, -0.15) is 0 Å². The Kier molecular flexibility index (Phi) is 3.63. The number of imide groups is 1. The molecule has 3 fully saturated rings. The summed E-state index contributed by atoms with van der Waals surface area (Å²) in [7, 11) is 0. The molecule has 1 saturated heterocycles. The molecule has 0 aromatic heterocycles. The molecule has 110 valence electrons. The molecule has 3 aliphatic rings. The van der Waals surface area contributed by atoms with E-state index < -0.39 is 0 Å². The average molecular weight is 279 g/mol. The van der Waals surface area contributed by atoms with Gasteiger partial charge in [0.1, 0.15) is 13.1 Å². The quantitative estimate of drug-likeness (QED) is 0.776. The van der Waals surface area contributed by atoms with Crippen LogP contribution in [0.3, 0.4) is 0 Å². The molecular weight excluding hydrogens is 258 g/mol. The van der Waals surface area contributed by atoms with Gasteiger partial charge in [-0.3, -0.25) is 14.5 Å². The van der Waals surface area contributed by atoms with Crippen LogP contribution >= 0.6 is 0 Å². The molecule has 0 aromatic carbocycles. The third-order valence-corrected chi connectivity index (χ3v) is 4.34. The lowest BCUT2D eigenvalue weighted by Crippen LogP contribution is -2.45. The van der Waals surface area contributed by atoms with Crippen molar-refractivity contribution in [2.45, 2.75) is 57.0 Å². The highest BCUT2D eigenvalue weighted by Crippen LogP contribution is 2.30. The van der Waals surface area contributed by atoms with Crippen LogP contribution in [0.4, 0.5) is 4.79 Å². The standard InChI is InChI=1S/C14H21N3O3/c18-12(15-10-4-2-1-3-5-10)8-17-13(19)9-16(14(17)20)11-6-7-11/h10-11H,1-9H2,(H,15,18). The van der Waals surface area contributed by atoms with Crippen molar-refractivity contribution in [1.82, 2.24) is 15.1 Å². The molecule has 20 heavy (non-hydrogen) atoms. The predicted octanol–water partition coefficient (Wildman–Crippen LogP) is 0.862. The third-order valence-electron chi connectivity index (χ3n) is 4.34. The highest BCUT2D eigenvalue weighted by molar-refractivity contribution is 6.04. The molecule has 1 aliphatic heterocycles. The number of carbonyl (C=O) groups is 3. The zero-order valence-corrected chi connectivity index (χ0v) is 11.6. The number of carbonyl (C=O) groups excluding carboxylic acids is 3. The van der Waals surface area contributed by atoms with E-state index in [1.165, 1.54) is 6.42 Å². The van der Waals surface area contributed by atoms with E-state index in [9.17, 15) is 14.4 Å². The fourth-order valence-electron chi connectivity index (χ4n) is 3.05. The third kappa shape index (κ3) is 2.78. The van der Waals surface area contributed by atoms with Gasteiger partial charge in [-0.1, -0.05) is 19.3 Å². The summed E-state index contributed by atoms with van der Waals surface area (Å²) in [6.07, 6.45) is 7.46. The van der Waals surface area contributed by atoms with Crippen LogP contribution in [0.2, 0.25) is 0 Å². The summed E-state index contributed by atoms with van der Waals surface area (Å²) in [5.41, 5.74) is 0. The van der Waals surface area contributed by atoms with Gasteiger partial charge in [-0.25, -0.2) is 4.79 Å². The molecule has 0 bridgehead atoms. The van der Waals surface area contributed by atoms with Crippen molar-refractivity contribution in [3.8, 4) is 0 Å². The van der Waals surface area contributed by atoms with E-state index >= 15 is 0 Å². The lowest BCUT2D eigenvalue weighted by molar-refractivity contribution is -0.131. The minimum Gasteiger partial charge on any atom is -0.352 e. The zero-order chi connectivity index (χ0) is 14.1. The van der Waals surface area contributed by atoms with E-state index in [-0.39, 0.29) is 43.0 Å². The summed E-state index contributed by atoms with van der Waals surface area (Å²) in [6.45, 7) is 0.0115. The first-order valence-corrected chi connectivity index (χ1v) is 7.55. The van der Waals surface area contributed by atoms with E-state index in [1.807, 2.05) is 0 Å². The van der Waals surface area contributed by atoms with E-state index in [0.29, 0.717) is 0 Å². The highest BCUT2D eigenvalue weighted by atomic mass is 16.2. The molecule has 2 saturated carbocycles. The summed E-state index contributed by atoms with van der Waals surface area (Å²) >= 11 is 0. The Labute approximate surface area is 118 Å². The normalized spacial score (nSPS) is 24.4. The molecule has 0 aromatic rings. The number of amides is 4. The van der Waals surface area contributed by atoms with Crippen LogP contribution in [0.5, 0.6) is 0 Å². The summed E-state index contributed by atoms with van der Waals surface area (Å²) in [5.74, 6) is -0.461. The van der Waals surface area contributed by atoms with Gasteiger partial charge < -0.3 is 10.2 Å². The highest BCUT2D eigenvalue weighted by Gasteiger charge is 2.44. The minimum atomic E-state index is -0.295. The summed E-state index contributed by atoms with van der Waals surface area (Å²) in [5, 5.41) is 2.94. The van der Waals surface area contributed by atoms with E-state index in [4.69, 9.17) is 0 Å². The van der Waals surface area contributed by atoms with Crippen LogP contribution in [-0.2, 0) is 9.59 Å². The van der Waals surface area contributed by atoms with Crippen LogP contribution in [0.1, 0.15) is 44.9 Å². The lowest BCUT2D eigenvalue weighted by atomic mass is 9.95. The number of hydrogen-bond donors (Lipinski definition) is 1. The second kappa shape index (κ2) is 5.42. The molecule has 1 N–H and O–H groups in total. The van der Waals surface area contributed by atoms with E-state index in [1.54, 1.807) is 4.90 Å². The van der Waals surface area contributed by atoms with E-state index in [2.05, 4.69) is 5.32 Å². The molecule has 0 radical (unpaired) electrons. The maximum atomic E-state index is 12.1. The largest absolute Gasteiger partial charge is 0.352 e. The summed E-state index contributed by atoms with van der Waals surface area (Å²) < 4.78 is 0. The summed E-state index contributed by atoms with van der Waals surface area (Å²) in [4.78, 5) is 38.6. The SMILES string of the molecule is O=C(CN1C(=O)CN(C2CC2)C1=O)NC1CCCCC1. The molecule has 6 heteroatoms. The molecule has 4 amide bonds. The second-order valence-electron chi connectivity index (χ2n) is 6.02. The molecule has 0 spiro atoms. The Morgan fingerprint density at radius 1 is 1.10 bits per heavy atom. The Morgan fingerprint density at radius 3 is 2.45 bits per heavy atom. The first-order chi connectivity index (χ1) is 9.65. The fraction of sp³-hybridized carbons (Fsp3) is 0.786. The zero-order valence-electron chi connectivity index (χ0n) is 11.6. The first-order valence-electron chi connectivity index (χ1n) is 7.55. The summed E-state index contributed by atoms with van der Waals surface area (Å²) in [6, 6.07) is 0.137. The maximum Gasteiger partial charge on any atom is 0.327 e. The van der Waals surface area contributed by atoms with Gasteiger partial charge in [0.2, 0.25) is 5.91 Å². The van der Waals surface area contributed by atoms with Gasteiger partial charge >= 0.3 is 6.03 Å². The molecule has 0 unspecified atom stereocenters. The predicted molar refractivity (Wildman–Crippen MR) is 71.9 cm³/mol. The number of urea groups is 1. The van der Waals surface area contributed by atoms with Gasteiger partial charge in [-0.05, 0) is 25.7 Å². The van der Waals surface area contributed by atoms with Crippen molar-refractivity contribution in [3.63, 3.8) is 0 Å².